The second-order valence-corrected chi connectivity index (χ2v) is 3.31. The number of hydrogen-bond donors (Lipinski definition) is 0. The number of aldehydes is 1. The fourth-order valence-corrected chi connectivity index (χ4v) is 1.13. The third-order valence-corrected chi connectivity index (χ3v) is 1.98. The Balaban J connectivity index is 3.94. The molecule has 2 unspecified atom stereocenters. The van der Waals surface area contributed by atoms with E-state index in [4.69, 9.17) is 11.9 Å². The van der Waals surface area contributed by atoms with E-state index in [2.05, 4.69) is 9.03 Å². The molecule has 0 bridgehead atoms. The summed E-state index contributed by atoms with van der Waals surface area (Å²) in [5.74, 6) is -1.52. The molecule has 0 aliphatic carbocycles. The van der Waals surface area contributed by atoms with Crippen molar-refractivity contribution in [2.75, 3.05) is 0 Å². The maximum Gasteiger partial charge on any atom is 0.327 e. The van der Waals surface area contributed by atoms with Crippen LogP contribution in [-0.2, 0) is 23.4 Å². The van der Waals surface area contributed by atoms with E-state index in [0.29, 0.717) is 12.7 Å². The molecule has 15 heavy (non-hydrogen) atoms. The van der Waals surface area contributed by atoms with Crippen LogP contribution >= 0.6 is 11.9 Å². The minimum atomic E-state index is -0.812. The summed E-state index contributed by atoms with van der Waals surface area (Å²) in [4.78, 5) is 31.9. The van der Waals surface area contributed by atoms with Crippen LogP contribution in [0.15, 0.2) is 0 Å². The SMILES string of the molecule is CC(=O)OC(C=O)CCC(C)C(=O)OCl. The van der Waals surface area contributed by atoms with Gasteiger partial charge in [0.05, 0.1) is 5.92 Å². The summed E-state index contributed by atoms with van der Waals surface area (Å²) in [6.07, 6.45) is 0.353. The molecule has 0 aliphatic rings. The Morgan fingerprint density at radius 2 is 2.00 bits per heavy atom. The molecule has 0 aliphatic heterocycles. The summed E-state index contributed by atoms with van der Waals surface area (Å²) >= 11 is 4.88. The quantitative estimate of drug-likeness (QED) is 0.512. The van der Waals surface area contributed by atoms with Gasteiger partial charge in [0, 0.05) is 6.92 Å². The topological polar surface area (TPSA) is 69.7 Å². The maximum absolute atomic E-state index is 10.9. The molecule has 0 aromatic carbocycles. The molecule has 0 fully saturated rings. The zero-order valence-electron chi connectivity index (χ0n) is 8.57. The highest BCUT2D eigenvalue weighted by atomic mass is 35.5. The van der Waals surface area contributed by atoms with Crippen molar-refractivity contribution < 1.29 is 23.4 Å². The Bertz CT molecular complexity index is 241. The van der Waals surface area contributed by atoms with E-state index in [9.17, 15) is 14.4 Å². The Labute approximate surface area is 92.8 Å². The molecule has 0 spiro atoms. The molecule has 0 saturated carbocycles. The van der Waals surface area contributed by atoms with Crippen molar-refractivity contribution in [3.63, 3.8) is 0 Å². The number of ether oxygens (including phenoxy) is 1. The van der Waals surface area contributed by atoms with Crippen LogP contribution in [0.1, 0.15) is 26.7 Å². The average molecular weight is 237 g/mol. The van der Waals surface area contributed by atoms with Crippen LogP contribution in [0.3, 0.4) is 0 Å². The molecule has 5 nitrogen and oxygen atoms in total. The molecule has 0 aromatic rings. The van der Waals surface area contributed by atoms with Crippen molar-refractivity contribution >= 4 is 30.1 Å². The zero-order chi connectivity index (χ0) is 11.8. The lowest BCUT2D eigenvalue weighted by atomic mass is 10.0. The van der Waals surface area contributed by atoms with Gasteiger partial charge in [-0.1, -0.05) is 6.92 Å². The average Bonchev–Trinajstić information content (AvgIpc) is 2.21. The van der Waals surface area contributed by atoms with Gasteiger partial charge in [0.2, 0.25) is 0 Å². The number of carbonyl (C=O) groups excluding carboxylic acids is 3. The molecule has 86 valence electrons. The van der Waals surface area contributed by atoms with Gasteiger partial charge < -0.3 is 9.03 Å². The van der Waals surface area contributed by atoms with E-state index in [1.807, 2.05) is 0 Å². The summed E-state index contributed by atoms with van der Waals surface area (Å²) in [6.45, 7) is 2.83. The number of esters is 1. The largest absolute Gasteiger partial charge is 0.455 e. The molecule has 0 saturated heterocycles. The monoisotopic (exact) mass is 236 g/mol. The van der Waals surface area contributed by atoms with Crippen LogP contribution in [0, 0.1) is 5.92 Å². The van der Waals surface area contributed by atoms with E-state index < -0.39 is 24.0 Å². The number of rotatable bonds is 6. The van der Waals surface area contributed by atoms with Crippen LogP contribution in [0.5, 0.6) is 0 Å². The minimum Gasteiger partial charge on any atom is -0.455 e. The second kappa shape index (κ2) is 7.23. The second-order valence-electron chi connectivity index (χ2n) is 3.16. The van der Waals surface area contributed by atoms with Gasteiger partial charge in [-0.15, -0.1) is 0 Å². The van der Waals surface area contributed by atoms with E-state index in [1.165, 1.54) is 6.92 Å². The van der Waals surface area contributed by atoms with Gasteiger partial charge in [-0.25, -0.2) is 0 Å². The first-order chi connectivity index (χ1) is 7.01. The van der Waals surface area contributed by atoms with Crippen LogP contribution < -0.4 is 0 Å². The molecule has 0 N–H and O–H groups in total. The molecular weight excluding hydrogens is 224 g/mol. The molecule has 0 amide bonds. The highest BCUT2D eigenvalue weighted by molar-refractivity contribution is 6.13. The first-order valence-electron chi connectivity index (χ1n) is 4.46. The van der Waals surface area contributed by atoms with Crippen LogP contribution in [-0.4, -0.2) is 24.3 Å². The van der Waals surface area contributed by atoms with Crippen molar-refractivity contribution in [2.45, 2.75) is 32.8 Å². The van der Waals surface area contributed by atoms with E-state index >= 15 is 0 Å². The van der Waals surface area contributed by atoms with Gasteiger partial charge in [-0.05, 0) is 12.8 Å². The third-order valence-electron chi connectivity index (χ3n) is 1.83. The molecule has 6 heteroatoms. The molecule has 0 heterocycles. The number of carbonyl (C=O) groups is 3. The Hall–Kier alpha value is -1.10. The predicted molar refractivity (Wildman–Crippen MR) is 52.0 cm³/mol. The van der Waals surface area contributed by atoms with Crippen LogP contribution in [0.2, 0.25) is 0 Å². The van der Waals surface area contributed by atoms with Gasteiger partial charge in [-0.2, -0.15) is 0 Å². The first kappa shape index (κ1) is 13.9. The lowest BCUT2D eigenvalue weighted by Gasteiger charge is -2.12. The van der Waals surface area contributed by atoms with Gasteiger partial charge in [0.1, 0.15) is 11.9 Å². The minimum absolute atomic E-state index is 0.274. The summed E-state index contributed by atoms with van der Waals surface area (Å²) in [5.41, 5.74) is 0. The zero-order valence-corrected chi connectivity index (χ0v) is 9.32. The lowest BCUT2D eigenvalue weighted by molar-refractivity contribution is -0.150. The predicted octanol–water partition coefficient (Wildman–Crippen LogP) is 1.23. The normalized spacial score (nSPS) is 13.8. The number of halogens is 1. The van der Waals surface area contributed by atoms with Crippen molar-refractivity contribution in [1.29, 1.82) is 0 Å². The fourth-order valence-electron chi connectivity index (χ4n) is 0.976. The smallest absolute Gasteiger partial charge is 0.327 e. The van der Waals surface area contributed by atoms with Gasteiger partial charge in [0.15, 0.2) is 12.4 Å². The van der Waals surface area contributed by atoms with Crippen molar-refractivity contribution in [3.8, 4) is 0 Å². The van der Waals surface area contributed by atoms with Crippen molar-refractivity contribution in [1.82, 2.24) is 0 Å². The first-order valence-corrected chi connectivity index (χ1v) is 4.77. The van der Waals surface area contributed by atoms with Crippen molar-refractivity contribution in [2.24, 2.45) is 5.92 Å². The molecule has 2 atom stereocenters. The Kier molecular flexibility index (Phi) is 6.70. The molecule has 0 radical (unpaired) electrons. The highest BCUT2D eigenvalue weighted by Crippen LogP contribution is 2.11. The van der Waals surface area contributed by atoms with Crippen LogP contribution in [0.25, 0.3) is 0 Å². The van der Waals surface area contributed by atoms with Gasteiger partial charge >= 0.3 is 11.9 Å². The molecular formula is C9H13ClO5. The molecule has 0 aromatic heterocycles. The summed E-state index contributed by atoms with van der Waals surface area (Å²) < 4.78 is 8.67. The van der Waals surface area contributed by atoms with Gasteiger partial charge in [-0.3, -0.25) is 14.4 Å². The van der Waals surface area contributed by atoms with E-state index in [-0.39, 0.29) is 6.42 Å². The fraction of sp³-hybridized carbons (Fsp3) is 0.667. The Morgan fingerprint density at radius 1 is 1.40 bits per heavy atom. The number of hydrogen-bond acceptors (Lipinski definition) is 5. The van der Waals surface area contributed by atoms with Crippen molar-refractivity contribution in [3.05, 3.63) is 0 Å². The molecule has 0 rings (SSSR count). The summed E-state index contributed by atoms with van der Waals surface area (Å²) in [7, 11) is 0. The van der Waals surface area contributed by atoms with E-state index in [1.54, 1.807) is 6.92 Å². The summed E-state index contributed by atoms with van der Waals surface area (Å²) in [6, 6.07) is 0. The van der Waals surface area contributed by atoms with Crippen LogP contribution in [0.4, 0.5) is 0 Å². The highest BCUT2D eigenvalue weighted by Gasteiger charge is 2.18. The Morgan fingerprint density at radius 3 is 2.40 bits per heavy atom. The summed E-state index contributed by atoms with van der Waals surface area (Å²) in [5, 5.41) is 0. The third kappa shape index (κ3) is 6.06. The standard InChI is InChI=1S/C9H13ClO5/c1-6(9(13)15-10)3-4-8(5-11)14-7(2)12/h5-6,8H,3-4H2,1-2H3. The van der Waals surface area contributed by atoms with E-state index in [0.717, 1.165) is 0 Å². The maximum atomic E-state index is 10.9. The van der Waals surface area contributed by atoms with Gasteiger partial charge in [0.25, 0.3) is 0 Å². The lowest BCUT2D eigenvalue weighted by Crippen LogP contribution is -2.20.